The highest BCUT2D eigenvalue weighted by Crippen LogP contribution is 2.18. The van der Waals surface area contributed by atoms with Crippen molar-refractivity contribution < 1.29 is 13.2 Å². The number of sulfone groups is 1. The Balaban J connectivity index is 3.01. The van der Waals surface area contributed by atoms with Gasteiger partial charge >= 0.3 is 0 Å². The van der Waals surface area contributed by atoms with Crippen LogP contribution in [0, 0.1) is 6.92 Å². The van der Waals surface area contributed by atoms with Gasteiger partial charge in [-0.2, -0.15) is 0 Å². The third-order valence-corrected chi connectivity index (χ3v) is 4.55. The van der Waals surface area contributed by atoms with Gasteiger partial charge in [-0.05, 0) is 45.4 Å². The van der Waals surface area contributed by atoms with Crippen LogP contribution in [0.15, 0.2) is 53.1 Å². The van der Waals surface area contributed by atoms with Crippen LogP contribution in [0.25, 0.3) is 0 Å². The summed E-state index contributed by atoms with van der Waals surface area (Å²) in [6.07, 6.45) is 1.43. The lowest BCUT2D eigenvalue weighted by molar-refractivity contribution is 0.170. The molecular formula is C16H22O3S. The molecule has 1 atom stereocenters. The van der Waals surface area contributed by atoms with E-state index in [2.05, 4.69) is 6.58 Å². The standard InChI is InChI=1S/C16H22O3S/c1-6-14(5)19-16(12(2)3)11-20(17,18)15-9-7-13(4)8-10-15/h6-10,14H,1,11H2,2-5H3. The van der Waals surface area contributed by atoms with Gasteiger partial charge in [-0.25, -0.2) is 8.42 Å². The van der Waals surface area contributed by atoms with Crippen LogP contribution in [-0.4, -0.2) is 20.3 Å². The van der Waals surface area contributed by atoms with E-state index in [1.807, 2.05) is 27.7 Å². The summed E-state index contributed by atoms with van der Waals surface area (Å²) in [7, 11) is -3.39. The smallest absolute Gasteiger partial charge is 0.185 e. The molecule has 1 unspecified atom stereocenters. The average Bonchev–Trinajstić information content (AvgIpc) is 2.37. The minimum Gasteiger partial charge on any atom is -0.490 e. The fourth-order valence-corrected chi connectivity index (χ4v) is 2.99. The zero-order chi connectivity index (χ0) is 15.3. The Kier molecular flexibility index (Phi) is 5.57. The van der Waals surface area contributed by atoms with Crippen molar-refractivity contribution in [2.45, 2.75) is 38.7 Å². The Morgan fingerprint density at radius 1 is 1.30 bits per heavy atom. The van der Waals surface area contributed by atoms with Crippen LogP contribution in [0.2, 0.25) is 0 Å². The Morgan fingerprint density at radius 2 is 1.85 bits per heavy atom. The summed E-state index contributed by atoms with van der Waals surface area (Å²) in [5.41, 5.74) is 1.89. The number of benzene rings is 1. The molecule has 3 nitrogen and oxygen atoms in total. The minimum atomic E-state index is -3.39. The lowest BCUT2D eigenvalue weighted by atomic mass is 10.2. The maximum atomic E-state index is 12.4. The lowest BCUT2D eigenvalue weighted by Crippen LogP contribution is -2.15. The first kappa shape index (κ1) is 16.5. The van der Waals surface area contributed by atoms with E-state index in [1.165, 1.54) is 0 Å². The van der Waals surface area contributed by atoms with Crippen LogP contribution in [-0.2, 0) is 14.6 Å². The molecule has 1 aromatic rings. The number of hydrogen-bond acceptors (Lipinski definition) is 3. The molecule has 0 aromatic heterocycles. The molecule has 1 rings (SSSR count). The number of ether oxygens (including phenoxy) is 1. The van der Waals surface area contributed by atoms with Gasteiger partial charge in [-0.15, -0.1) is 0 Å². The van der Waals surface area contributed by atoms with E-state index in [9.17, 15) is 8.42 Å². The van der Waals surface area contributed by atoms with Crippen molar-refractivity contribution in [1.29, 1.82) is 0 Å². The van der Waals surface area contributed by atoms with Gasteiger partial charge in [0.2, 0.25) is 0 Å². The van der Waals surface area contributed by atoms with Crippen molar-refractivity contribution in [3.8, 4) is 0 Å². The van der Waals surface area contributed by atoms with E-state index < -0.39 is 9.84 Å². The molecule has 110 valence electrons. The molecule has 4 heteroatoms. The van der Waals surface area contributed by atoms with Crippen molar-refractivity contribution in [2.24, 2.45) is 0 Å². The molecule has 0 spiro atoms. The fourth-order valence-electron chi connectivity index (χ4n) is 1.57. The molecule has 0 N–H and O–H groups in total. The first-order valence-electron chi connectivity index (χ1n) is 6.51. The number of allylic oxidation sites excluding steroid dienone is 1. The predicted molar refractivity (Wildman–Crippen MR) is 82.3 cm³/mol. The zero-order valence-electron chi connectivity index (χ0n) is 12.5. The second-order valence-corrected chi connectivity index (χ2v) is 7.04. The minimum absolute atomic E-state index is 0.128. The van der Waals surface area contributed by atoms with Gasteiger partial charge < -0.3 is 4.74 Å². The molecule has 0 saturated heterocycles. The molecule has 0 aliphatic rings. The summed E-state index contributed by atoms with van der Waals surface area (Å²) in [5.74, 6) is 0.356. The van der Waals surface area contributed by atoms with Crippen LogP contribution < -0.4 is 0 Å². The van der Waals surface area contributed by atoms with Gasteiger partial charge in [0.15, 0.2) is 9.84 Å². The summed E-state index contributed by atoms with van der Waals surface area (Å²) in [6, 6.07) is 6.85. The molecule has 1 aromatic carbocycles. The van der Waals surface area contributed by atoms with Gasteiger partial charge in [0.1, 0.15) is 17.6 Å². The topological polar surface area (TPSA) is 43.4 Å². The number of hydrogen-bond donors (Lipinski definition) is 0. The van der Waals surface area contributed by atoms with Crippen LogP contribution in [0.3, 0.4) is 0 Å². The highest BCUT2D eigenvalue weighted by Gasteiger charge is 2.19. The van der Waals surface area contributed by atoms with Gasteiger partial charge in [-0.1, -0.05) is 30.4 Å². The number of rotatable bonds is 6. The zero-order valence-corrected chi connectivity index (χ0v) is 13.3. The van der Waals surface area contributed by atoms with E-state index in [0.717, 1.165) is 11.1 Å². The van der Waals surface area contributed by atoms with Crippen LogP contribution >= 0.6 is 0 Å². The second kappa shape index (κ2) is 6.75. The van der Waals surface area contributed by atoms with E-state index in [0.29, 0.717) is 10.7 Å². The first-order valence-corrected chi connectivity index (χ1v) is 8.16. The summed E-state index contributed by atoms with van der Waals surface area (Å²) >= 11 is 0. The van der Waals surface area contributed by atoms with Crippen molar-refractivity contribution in [3.63, 3.8) is 0 Å². The Hall–Kier alpha value is -1.55. The van der Waals surface area contributed by atoms with Gasteiger partial charge in [0, 0.05) is 0 Å². The van der Waals surface area contributed by atoms with Crippen molar-refractivity contribution in [3.05, 3.63) is 53.8 Å². The molecule has 0 aliphatic heterocycles. The summed E-state index contributed by atoms with van der Waals surface area (Å²) in [5, 5.41) is 0. The fraction of sp³-hybridized carbons (Fsp3) is 0.375. The number of aryl methyl sites for hydroxylation is 1. The van der Waals surface area contributed by atoms with E-state index in [4.69, 9.17) is 4.74 Å². The molecule has 0 heterocycles. The maximum Gasteiger partial charge on any atom is 0.185 e. The third-order valence-electron chi connectivity index (χ3n) is 2.92. The van der Waals surface area contributed by atoms with Gasteiger partial charge in [0.05, 0.1) is 4.90 Å². The Labute approximate surface area is 121 Å². The predicted octanol–water partition coefficient (Wildman–Crippen LogP) is 3.65. The van der Waals surface area contributed by atoms with Crippen LogP contribution in [0.5, 0.6) is 0 Å². The highest BCUT2D eigenvalue weighted by atomic mass is 32.2. The summed E-state index contributed by atoms with van der Waals surface area (Å²) < 4.78 is 30.4. The molecule has 0 aliphatic carbocycles. The van der Waals surface area contributed by atoms with E-state index in [1.54, 1.807) is 30.3 Å². The largest absolute Gasteiger partial charge is 0.490 e. The maximum absolute atomic E-state index is 12.4. The van der Waals surface area contributed by atoms with Crippen molar-refractivity contribution in [2.75, 3.05) is 5.75 Å². The first-order chi connectivity index (χ1) is 9.26. The molecule has 0 fully saturated rings. The second-order valence-electron chi connectivity index (χ2n) is 5.05. The van der Waals surface area contributed by atoms with Gasteiger partial charge in [-0.3, -0.25) is 0 Å². The average molecular weight is 294 g/mol. The molecule has 0 saturated carbocycles. The quantitative estimate of drug-likeness (QED) is 0.594. The van der Waals surface area contributed by atoms with Crippen LogP contribution in [0.4, 0.5) is 0 Å². The molecular weight excluding hydrogens is 272 g/mol. The Bertz CT molecular complexity index is 591. The van der Waals surface area contributed by atoms with Crippen LogP contribution in [0.1, 0.15) is 26.3 Å². The normalized spacial score (nSPS) is 12.6. The summed E-state index contributed by atoms with van der Waals surface area (Å²) in [4.78, 5) is 0.316. The van der Waals surface area contributed by atoms with E-state index in [-0.39, 0.29) is 11.9 Å². The summed E-state index contributed by atoms with van der Waals surface area (Å²) in [6.45, 7) is 11.1. The third kappa shape index (κ3) is 4.53. The monoisotopic (exact) mass is 294 g/mol. The highest BCUT2D eigenvalue weighted by molar-refractivity contribution is 7.91. The lowest BCUT2D eigenvalue weighted by Gasteiger charge is -2.16. The Morgan fingerprint density at radius 3 is 2.30 bits per heavy atom. The van der Waals surface area contributed by atoms with Crippen molar-refractivity contribution >= 4 is 9.84 Å². The molecule has 20 heavy (non-hydrogen) atoms. The van der Waals surface area contributed by atoms with E-state index >= 15 is 0 Å². The van der Waals surface area contributed by atoms with Crippen molar-refractivity contribution in [1.82, 2.24) is 0 Å². The molecule has 0 bridgehead atoms. The SMILES string of the molecule is C=CC(C)OC(CS(=O)(=O)c1ccc(C)cc1)=C(C)C. The molecule has 0 radical (unpaired) electrons. The molecule has 0 amide bonds. The van der Waals surface area contributed by atoms with Gasteiger partial charge in [0.25, 0.3) is 0 Å².